The molecule has 0 saturated heterocycles. The van der Waals surface area contributed by atoms with Crippen LogP contribution in [0.1, 0.15) is 46.0 Å². The summed E-state index contributed by atoms with van der Waals surface area (Å²) < 4.78 is 0. The molecule has 0 aromatic rings. The van der Waals surface area contributed by atoms with Gasteiger partial charge in [-0.2, -0.15) is 0 Å². The molecule has 1 atom stereocenters. The highest BCUT2D eigenvalue weighted by Gasteiger charge is 2.21. The third-order valence-electron chi connectivity index (χ3n) is 3.36. The van der Waals surface area contributed by atoms with Crippen LogP contribution >= 0.6 is 0 Å². The zero-order valence-electron chi connectivity index (χ0n) is 10.1. The van der Waals surface area contributed by atoms with Crippen LogP contribution in [0.3, 0.4) is 0 Å². The fourth-order valence-corrected chi connectivity index (χ4v) is 1.90. The van der Waals surface area contributed by atoms with E-state index in [0.29, 0.717) is 6.04 Å². The molecule has 0 heterocycles. The van der Waals surface area contributed by atoms with Crippen molar-refractivity contribution in [1.82, 2.24) is 10.2 Å². The van der Waals surface area contributed by atoms with Crippen LogP contribution in [0.5, 0.6) is 0 Å². The maximum atomic E-state index is 3.54. The number of nitrogens with one attached hydrogen (secondary N) is 1. The Morgan fingerprint density at radius 2 is 2.14 bits per heavy atom. The third kappa shape index (κ3) is 3.97. The minimum absolute atomic E-state index is 0.678. The fourth-order valence-electron chi connectivity index (χ4n) is 1.90. The van der Waals surface area contributed by atoms with E-state index in [-0.39, 0.29) is 0 Å². The lowest BCUT2D eigenvalue weighted by atomic mass is 9.92. The minimum atomic E-state index is 0.678. The normalized spacial score (nSPS) is 19.7. The first-order valence-electron chi connectivity index (χ1n) is 6.17. The largest absolute Gasteiger partial charge is 0.314 e. The van der Waals surface area contributed by atoms with Crippen LogP contribution < -0.4 is 5.32 Å². The molecular formula is C12H26N2. The van der Waals surface area contributed by atoms with Gasteiger partial charge in [-0.1, -0.05) is 13.3 Å². The molecule has 14 heavy (non-hydrogen) atoms. The standard InChI is InChI=1S/C12H26N2/c1-4-9-13-11(2)8-10-14(3)12-6-5-7-12/h11-13H,4-10H2,1-3H3. The summed E-state index contributed by atoms with van der Waals surface area (Å²) in [6.07, 6.45) is 6.81. The maximum absolute atomic E-state index is 3.54. The van der Waals surface area contributed by atoms with E-state index in [4.69, 9.17) is 0 Å². The summed E-state index contributed by atoms with van der Waals surface area (Å²) in [5.74, 6) is 0. The average molecular weight is 198 g/mol. The summed E-state index contributed by atoms with van der Waals surface area (Å²) in [6.45, 7) is 6.93. The molecule has 0 bridgehead atoms. The van der Waals surface area contributed by atoms with Crippen molar-refractivity contribution in [2.24, 2.45) is 0 Å². The lowest BCUT2D eigenvalue weighted by Crippen LogP contribution is -2.40. The second-order valence-electron chi connectivity index (χ2n) is 4.71. The minimum Gasteiger partial charge on any atom is -0.314 e. The molecule has 1 unspecified atom stereocenters. The molecule has 0 radical (unpaired) electrons. The monoisotopic (exact) mass is 198 g/mol. The highest BCUT2D eigenvalue weighted by Crippen LogP contribution is 2.23. The molecule has 0 aliphatic heterocycles. The maximum Gasteiger partial charge on any atom is 0.00922 e. The molecule has 1 saturated carbocycles. The number of hydrogen-bond donors (Lipinski definition) is 1. The number of rotatable bonds is 7. The molecule has 84 valence electrons. The summed E-state index contributed by atoms with van der Waals surface area (Å²) in [7, 11) is 2.27. The van der Waals surface area contributed by atoms with Gasteiger partial charge in [-0.3, -0.25) is 0 Å². The van der Waals surface area contributed by atoms with Gasteiger partial charge in [0.1, 0.15) is 0 Å². The summed E-state index contributed by atoms with van der Waals surface area (Å²) in [5, 5.41) is 3.54. The molecule has 1 rings (SSSR count). The van der Waals surface area contributed by atoms with E-state index in [0.717, 1.165) is 12.6 Å². The second-order valence-corrected chi connectivity index (χ2v) is 4.71. The van der Waals surface area contributed by atoms with Crippen LogP contribution in [0.25, 0.3) is 0 Å². The van der Waals surface area contributed by atoms with Crippen molar-refractivity contribution < 1.29 is 0 Å². The van der Waals surface area contributed by atoms with Gasteiger partial charge in [0.2, 0.25) is 0 Å². The fraction of sp³-hybridized carbons (Fsp3) is 1.00. The van der Waals surface area contributed by atoms with Crippen molar-refractivity contribution in [1.29, 1.82) is 0 Å². The Bertz CT molecular complexity index is 143. The summed E-state index contributed by atoms with van der Waals surface area (Å²) >= 11 is 0. The van der Waals surface area contributed by atoms with E-state index in [1.165, 1.54) is 38.6 Å². The van der Waals surface area contributed by atoms with Gasteiger partial charge in [0.05, 0.1) is 0 Å². The summed E-state index contributed by atoms with van der Waals surface area (Å²) in [6, 6.07) is 1.57. The van der Waals surface area contributed by atoms with Crippen molar-refractivity contribution in [3.05, 3.63) is 0 Å². The highest BCUT2D eigenvalue weighted by atomic mass is 15.1. The molecule has 1 fully saturated rings. The predicted molar refractivity (Wildman–Crippen MR) is 62.6 cm³/mol. The van der Waals surface area contributed by atoms with Gasteiger partial charge in [0.25, 0.3) is 0 Å². The van der Waals surface area contributed by atoms with Gasteiger partial charge in [-0.25, -0.2) is 0 Å². The molecule has 1 aliphatic carbocycles. The molecule has 0 aromatic carbocycles. The van der Waals surface area contributed by atoms with Crippen LogP contribution in [0, 0.1) is 0 Å². The van der Waals surface area contributed by atoms with Crippen LogP contribution in [0.4, 0.5) is 0 Å². The Labute approximate surface area is 89.1 Å². The van der Waals surface area contributed by atoms with Gasteiger partial charge in [0, 0.05) is 12.1 Å². The smallest absolute Gasteiger partial charge is 0.00922 e. The quantitative estimate of drug-likeness (QED) is 0.675. The number of hydrogen-bond acceptors (Lipinski definition) is 2. The van der Waals surface area contributed by atoms with Crippen molar-refractivity contribution in [3.63, 3.8) is 0 Å². The van der Waals surface area contributed by atoms with Gasteiger partial charge in [0.15, 0.2) is 0 Å². The molecule has 1 aliphatic rings. The van der Waals surface area contributed by atoms with Crippen molar-refractivity contribution in [3.8, 4) is 0 Å². The average Bonchev–Trinajstić information content (AvgIpc) is 2.08. The zero-order valence-corrected chi connectivity index (χ0v) is 10.1. The molecular weight excluding hydrogens is 172 g/mol. The Morgan fingerprint density at radius 3 is 2.64 bits per heavy atom. The molecule has 0 amide bonds. The van der Waals surface area contributed by atoms with E-state index in [1.54, 1.807) is 0 Å². The van der Waals surface area contributed by atoms with E-state index in [1.807, 2.05) is 0 Å². The predicted octanol–water partition coefficient (Wildman–Crippen LogP) is 2.25. The summed E-state index contributed by atoms with van der Waals surface area (Å²) in [5.41, 5.74) is 0. The van der Waals surface area contributed by atoms with E-state index >= 15 is 0 Å². The molecule has 0 spiro atoms. The van der Waals surface area contributed by atoms with Crippen LogP contribution in [0.15, 0.2) is 0 Å². The number of nitrogens with zero attached hydrogens (tertiary/aromatic N) is 1. The van der Waals surface area contributed by atoms with Crippen LogP contribution in [-0.2, 0) is 0 Å². The van der Waals surface area contributed by atoms with Gasteiger partial charge in [-0.05, 0) is 52.7 Å². The second kappa shape index (κ2) is 6.41. The Kier molecular flexibility index (Phi) is 5.49. The first-order chi connectivity index (χ1) is 6.74. The van der Waals surface area contributed by atoms with Crippen LogP contribution in [0.2, 0.25) is 0 Å². The van der Waals surface area contributed by atoms with Crippen molar-refractivity contribution >= 4 is 0 Å². The van der Waals surface area contributed by atoms with Gasteiger partial charge < -0.3 is 10.2 Å². The molecule has 1 N–H and O–H groups in total. The van der Waals surface area contributed by atoms with Crippen molar-refractivity contribution in [2.75, 3.05) is 20.1 Å². The Hall–Kier alpha value is -0.0800. The zero-order chi connectivity index (χ0) is 10.4. The van der Waals surface area contributed by atoms with Crippen LogP contribution in [-0.4, -0.2) is 37.1 Å². The molecule has 0 aromatic heterocycles. The van der Waals surface area contributed by atoms with E-state index in [9.17, 15) is 0 Å². The highest BCUT2D eigenvalue weighted by molar-refractivity contribution is 4.78. The van der Waals surface area contributed by atoms with Gasteiger partial charge in [-0.15, -0.1) is 0 Å². The molecule has 2 heteroatoms. The van der Waals surface area contributed by atoms with E-state index < -0.39 is 0 Å². The third-order valence-corrected chi connectivity index (χ3v) is 3.36. The first-order valence-corrected chi connectivity index (χ1v) is 6.17. The van der Waals surface area contributed by atoms with E-state index in [2.05, 4.69) is 31.1 Å². The van der Waals surface area contributed by atoms with Crippen molar-refractivity contribution in [2.45, 2.75) is 58.0 Å². The first kappa shape index (κ1) is 12.0. The summed E-state index contributed by atoms with van der Waals surface area (Å²) in [4.78, 5) is 2.54. The SMILES string of the molecule is CCCNC(C)CCN(C)C1CCC1. The van der Waals surface area contributed by atoms with Gasteiger partial charge >= 0.3 is 0 Å². The molecule has 2 nitrogen and oxygen atoms in total. The Morgan fingerprint density at radius 1 is 1.43 bits per heavy atom. The topological polar surface area (TPSA) is 15.3 Å². The lowest BCUT2D eigenvalue weighted by molar-refractivity contribution is 0.154. The lowest BCUT2D eigenvalue weighted by Gasteiger charge is -2.35. The Balaban J connectivity index is 2.00.